The average molecular weight is 366 g/mol. The van der Waals surface area contributed by atoms with Crippen molar-refractivity contribution in [1.82, 2.24) is 0 Å². The molecule has 0 aliphatic heterocycles. The van der Waals surface area contributed by atoms with Gasteiger partial charge in [-0.3, -0.25) is 4.79 Å². The maximum atomic E-state index is 11.2. The predicted molar refractivity (Wildman–Crippen MR) is 87.2 cm³/mol. The van der Waals surface area contributed by atoms with Crippen LogP contribution in [-0.4, -0.2) is 5.91 Å². The number of anilines is 2. The van der Waals surface area contributed by atoms with E-state index in [9.17, 15) is 4.79 Å². The average Bonchev–Trinajstić information content (AvgIpc) is 2.37. The highest BCUT2D eigenvalue weighted by atomic mass is 127. The summed E-state index contributed by atoms with van der Waals surface area (Å²) in [6.07, 6.45) is 0. The zero-order valence-electron chi connectivity index (χ0n) is 10.6. The highest BCUT2D eigenvalue weighted by molar-refractivity contribution is 14.1. The van der Waals surface area contributed by atoms with E-state index in [4.69, 9.17) is 0 Å². The van der Waals surface area contributed by atoms with Crippen LogP contribution in [-0.2, 0) is 11.3 Å². The molecule has 0 radical (unpaired) electrons. The Morgan fingerprint density at radius 3 is 2.68 bits per heavy atom. The molecule has 0 spiro atoms. The minimum Gasteiger partial charge on any atom is -0.381 e. The van der Waals surface area contributed by atoms with Gasteiger partial charge in [-0.2, -0.15) is 0 Å². The zero-order chi connectivity index (χ0) is 13.7. The minimum absolute atomic E-state index is 0.0540. The van der Waals surface area contributed by atoms with E-state index in [0.29, 0.717) is 6.54 Å². The van der Waals surface area contributed by atoms with Gasteiger partial charge < -0.3 is 10.6 Å². The van der Waals surface area contributed by atoms with Crippen LogP contribution in [0.3, 0.4) is 0 Å². The highest BCUT2D eigenvalue weighted by Gasteiger charge is 2.03. The molecule has 0 unspecified atom stereocenters. The molecule has 98 valence electrons. The lowest BCUT2D eigenvalue weighted by atomic mass is 10.1. The van der Waals surface area contributed by atoms with Crippen LogP contribution < -0.4 is 10.6 Å². The summed E-state index contributed by atoms with van der Waals surface area (Å²) in [7, 11) is 0. The Hall–Kier alpha value is -1.56. The van der Waals surface area contributed by atoms with E-state index < -0.39 is 0 Å². The fraction of sp³-hybridized carbons (Fsp3) is 0.133. The van der Waals surface area contributed by atoms with Crippen molar-refractivity contribution in [3.8, 4) is 0 Å². The summed E-state index contributed by atoms with van der Waals surface area (Å²) in [5.41, 5.74) is 2.99. The van der Waals surface area contributed by atoms with Crippen LogP contribution in [0.15, 0.2) is 48.5 Å². The number of carbonyl (C=O) groups excluding carboxylic acids is 1. The van der Waals surface area contributed by atoms with Crippen LogP contribution in [0.1, 0.15) is 12.5 Å². The van der Waals surface area contributed by atoms with E-state index in [2.05, 4.69) is 45.4 Å². The van der Waals surface area contributed by atoms with Crippen molar-refractivity contribution >= 4 is 39.9 Å². The number of carbonyl (C=O) groups is 1. The Balaban J connectivity index is 2.09. The van der Waals surface area contributed by atoms with Gasteiger partial charge in [0.1, 0.15) is 0 Å². The third-order valence-corrected chi connectivity index (χ3v) is 3.31. The van der Waals surface area contributed by atoms with Gasteiger partial charge in [-0.05, 0) is 52.4 Å². The van der Waals surface area contributed by atoms with Crippen molar-refractivity contribution in [2.45, 2.75) is 13.5 Å². The molecule has 3 nitrogen and oxygen atoms in total. The molecule has 2 aromatic carbocycles. The summed E-state index contributed by atoms with van der Waals surface area (Å²) >= 11 is 2.29. The Bertz CT molecular complexity index is 584. The Morgan fingerprint density at radius 1 is 1.16 bits per heavy atom. The van der Waals surface area contributed by atoms with Crippen molar-refractivity contribution in [3.05, 3.63) is 57.7 Å². The molecule has 0 aliphatic rings. The maximum absolute atomic E-state index is 11.2. The lowest BCUT2D eigenvalue weighted by Crippen LogP contribution is -2.10. The van der Waals surface area contributed by atoms with Gasteiger partial charge in [0.15, 0.2) is 0 Å². The Kier molecular flexibility index (Phi) is 4.79. The zero-order valence-corrected chi connectivity index (χ0v) is 12.8. The Morgan fingerprint density at radius 2 is 1.95 bits per heavy atom. The molecule has 0 bridgehead atoms. The molecule has 0 aromatic heterocycles. The smallest absolute Gasteiger partial charge is 0.221 e. The predicted octanol–water partition coefficient (Wildman–Crippen LogP) is 3.86. The number of hydrogen-bond acceptors (Lipinski definition) is 2. The van der Waals surface area contributed by atoms with Crippen LogP contribution in [0.25, 0.3) is 0 Å². The number of benzene rings is 2. The molecule has 19 heavy (non-hydrogen) atoms. The van der Waals surface area contributed by atoms with Crippen LogP contribution in [0, 0.1) is 3.57 Å². The largest absolute Gasteiger partial charge is 0.381 e. The number of amides is 1. The lowest BCUT2D eigenvalue weighted by molar-refractivity contribution is -0.114. The fourth-order valence-corrected chi connectivity index (χ4v) is 2.32. The SMILES string of the molecule is CC(=O)Nc1ccccc1CNc1cccc(I)c1. The third kappa shape index (κ3) is 4.24. The minimum atomic E-state index is -0.0540. The van der Waals surface area contributed by atoms with E-state index in [1.807, 2.05) is 36.4 Å². The van der Waals surface area contributed by atoms with E-state index in [-0.39, 0.29) is 5.91 Å². The molecule has 2 aromatic rings. The number of para-hydroxylation sites is 1. The van der Waals surface area contributed by atoms with Gasteiger partial charge >= 0.3 is 0 Å². The summed E-state index contributed by atoms with van der Waals surface area (Å²) in [6.45, 7) is 2.19. The van der Waals surface area contributed by atoms with Crippen LogP contribution in [0.5, 0.6) is 0 Å². The van der Waals surface area contributed by atoms with Gasteiger partial charge in [0.2, 0.25) is 5.91 Å². The summed E-state index contributed by atoms with van der Waals surface area (Å²) in [4.78, 5) is 11.2. The second kappa shape index (κ2) is 6.56. The molecule has 2 rings (SSSR count). The lowest BCUT2D eigenvalue weighted by Gasteiger charge is -2.11. The van der Waals surface area contributed by atoms with E-state index in [0.717, 1.165) is 16.9 Å². The van der Waals surface area contributed by atoms with Crippen LogP contribution in [0.4, 0.5) is 11.4 Å². The molecule has 0 aliphatic carbocycles. The van der Waals surface area contributed by atoms with Crippen molar-refractivity contribution < 1.29 is 4.79 Å². The molecule has 0 heterocycles. The standard InChI is InChI=1S/C15H15IN2O/c1-11(19)18-15-8-3-2-5-12(15)10-17-14-7-4-6-13(16)9-14/h2-9,17H,10H2,1H3,(H,18,19). The first kappa shape index (κ1) is 13.9. The molecule has 0 saturated carbocycles. The number of hydrogen-bond donors (Lipinski definition) is 2. The van der Waals surface area contributed by atoms with Gasteiger partial charge in [-0.1, -0.05) is 24.3 Å². The third-order valence-electron chi connectivity index (χ3n) is 2.64. The molecule has 1 amide bonds. The first-order valence-corrected chi connectivity index (χ1v) is 7.08. The van der Waals surface area contributed by atoms with Crippen LogP contribution >= 0.6 is 22.6 Å². The van der Waals surface area contributed by atoms with Crippen molar-refractivity contribution in [2.75, 3.05) is 10.6 Å². The van der Waals surface area contributed by atoms with Crippen molar-refractivity contribution in [1.29, 1.82) is 0 Å². The molecular weight excluding hydrogens is 351 g/mol. The molecule has 0 atom stereocenters. The second-order valence-corrected chi connectivity index (χ2v) is 5.45. The first-order valence-electron chi connectivity index (χ1n) is 6.00. The molecule has 0 saturated heterocycles. The van der Waals surface area contributed by atoms with Gasteiger partial charge in [-0.25, -0.2) is 0 Å². The molecule has 0 fully saturated rings. The summed E-state index contributed by atoms with van der Waals surface area (Å²) in [6, 6.07) is 16.0. The fourth-order valence-electron chi connectivity index (χ4n) is 1.78. The van der Waals surface area contributed by atoms with Crippen molar-refractivity contribution in [3.63, 3.8) is 0 Å². The first-order chi connectivity index (χ1) is 9.15. The normalized spacial score (nSPS) is 10.0. The van der Waals surface area contributed by atoms with Gasteiger partial charge in [0.25, 0.3) is 0 Å². The summed E-state index contributed by atoms with van der Waals surface area (Å²) < 4.78 is 1.19. The van der Waals surface area contributed by atoms with Crippen molar-refractivity contribution in [2.24, 2.45) is 0 Å². The van der Waals surface area contributed by atoms with Gasteiger partial charge in [0, 0.05) is 28.4 Å². The summed E-state index contributed by atoms with van der Waals surface area (Å²) in [5.74, 6) is -0.0540. The maximum Gasteiger partial charge on any atom is 0.221 e. The van der Waals surface area contributed by atoms with Gasteiger partial charge in [0.05, 0.1) is 0 Å². The second-order valence-electron chi connectivity index (χ2n) is 4.20. The topological polar surface area (TPSA) is 41.1 Å². The monoisotopic (exact) mass is 366 g/mol. The number of rotatable bonds is 4. The van der Waals surface area contributed by atoms with Gasteiger partial charge in [-0.15, -0.1) is 0 Å². The summed E-state index contributed by atoms with van der Waals surface area (Å²) in [5, 5.41) is 6.20. The molecule has 4 heteroatoms. The molecular formula is C15H15IN2O. The highest BCUT2D eigenvalue weighted by Crippen LogP contribution is 2.18. The number of halogens is 1. The van der Waals surface area contributed by atoms with E-state index in [1.165, 1.54) is 10.5 Å². The molecule has 2 N–H and O–H groups in total. The quantitative estimate of drug-likeness (QED) is 0.807. The van der Waals surface area contributed by atoms with Crippen LogP contribution in [0.2, 0.25) is 0 Å². The number of nitrogens with one attached hydrogen (secondary N) is 2. The Labute approximate surface area is 126 Å². The van der Waals surface area contributed by atoms with E-state index >= 15 is 0 Å². The van der Waals surface area contributed by atoms with E-state index in [1.54, 1.807) is 0 Å².